The van der Waals surface area contributed by atoms with Gasteiger partial charge in [0.15, 0.2) is 5.96 Å². The molecule has 130 valence electrons. The third-order valence-corrected chi connectivity index (χ3v) is 2.60. The zero-order chi connectivity index (χ0) is 16.7. The topological polar surface area (TPSA) is 109 Å². The van der Waals surface area contributed by atoms with Crippen molar-refractivity contribution in [3.8, 4) is 0 Å². The number of hydrogen-bond acceptors (Lipinski definition) is 3. The van der Waals surface area contributed by atoms with E-state index in [0.29, 0.717) is 19.0 Å². The lowest BCUT2D eigenvalue weighted by molar-refractivity contribution is -0.125. The molecule has 0 aromatic heterocycles. The maximum atomic E-state index is 11.7. The molecule has 0 saturated heterocycles. The van der Waals surface area contributed by atoms with Crippen molar-refractivity contribution in [1.82, 2.24) is 16.0 Å². The molecule has 0 fully saturated rings. The highest BCUT2D eigenvalue weighted by Crippen LogP contribution is 2.11. The van der Waals surface area contributed by atoms with Crippen LogP contribution in [-0.2, 0) is 9.59 Å². The van der Waals surface area contributed by atoms with Crippen LogP contribution in [0.25, 0.3) is 0 Å². The van der Waals surface area contributed by atoms with Gasteiger partial charge in [0.05, 0.1) is 5.41 Å². The van der Waals surface area contributed by atoms with Gasteiger partial charge in [-0.15, -0.1) is 24.0 Å². The van der Waals surface area contributed by atoms with E-state index in [0.717, 1.165) is 0 Å². The smallest absolute Gasteiger partial charge is 0.242 e. The highest BCUT2D eigenvalue weighted by Gasteiger charge is 2.25. The summed E-state index contributed by atoms with van der Waals surface area (Å²) >= 11 is 0. The van der Waals surface area contributed by atoms with Crippen LogP contribution in [0.1, 0.15) is 41.5 Å². The molecule has 7 nitrogen and oxygen atoms in total. The standard InChI is InChI=1S/C14H29N5O2.HI/c1-7-16-12(18-9-14(5,6)11(15)21)17-8-10(20)19-13(2,3)4;/h7-9H2,1-6H3,(H2,15,21)(H,19,20)(H2,16,17,18);1H. The fourth-order valence-electron chi connectivity index (χ4n) is 1.34. The van der Waals surface area contributed by atoms with Crippen molar-refractivity contribution in [3.05, 3.63) is 0 Å². The molecule has 22 heavy (non-hydrogen) atoms. The molecule has 2 amide bonds. The van der Waals surface area contributed by atoms with Crippen LogP contribution in [0.3, 0.4) is 0 Å². The number of amides is 2. The number of nitrogens with one attached hydrogen (secondary N) is 3. The average Bonchev–Trinajstić information content (AvgIpc) is 2.30. The van der Waals surface area contributed by atoms with Gasteiger partial charge < -0.3 is 21.7 Å². The molecule has 0 aromatic carbocycles. The van der Waals surface area contributed by atoms with E-state index in [9.17, 15) is 9.59 Å². The number of guanidine groups is 1. The highest BCUT2D eigenvalue weighted by molar-refractivity contribution is 14.0. The predicted octanol–water partition coefficient (Wildman–Crippen LogP) is 0.586. The number of nitrogens with zero attached hydrogens (tertiary/aromatic N) is 1. The van der Waals surface area contributed by atoms with Crippen LogP contribution in [0.5, 0.6) is 0 Å². The Kier molecular flexibility index (Phi) is 10.4. The molecule has 0 atom stereocenters. The van der Waals surface area contributed by atoms with E-state index in [4.69, 9.17) is 5.73 Å². The largest absolute Gasteiger partial charge is 0.369 e. The summed E-state index contributed by atoms with van der Waals surface area (Å²) in [5, 5.41) is 8.87. The van der Waals surface area contributed by atoms with Gasteiger partial charge in [0, 0.05) is 18.6 Å². The van der Waals surface area contributed by atoms with Crippen molar-refractivity contribution in [2.45, 2.75) is 47.1 Å². The third-order valence-electron chi connectivity index (χ3n) is 2.60. The third kappa shape index (κ3) is 10.6. The van der Waals surface area contributed by atoms with E-state index in [1.165, 1.54) is 0 Å². The molecule has 0 spiro atoms. The summed E-state index contributed by atoms with van der Waals surface area (Å²) in [7, 11) is 0. The molecular weight excluding hydrogens is 397 g/mol. The number of halogens is 1. The second-order valence-electron chi connectivity index (χ2n) is 6.60. The van der Waals surface area contributed by atoms with Gasteiger partial charge in [-0.1, -0.05) is 0 Å². The lowest BCUT2D eigenvalue weighted by Gasteiger charge is -2.23. The first-order chi connectivity index (χ1) is 9.48. The maximum Gasteiger partial charge on any atom is 0.242 e. The van der Waals surface area contributed by atoms with Gasteiger partial charge in [-0.2, -0.15) is 0 Å². The average molecular weight is 427 g/mol. The van der Waals surface area contributed by atoms with Crippen molar-refractivity contribution < 1.29 is 9.59 Å². The summed E-state index contributed by atoms with van der Waals surface area (Å²) in [6.07, 6.45) is 0. The van der Waals surface area contributed by atoms with Crippen molar-refractivity contribution in [2.24, 2.45) is 16.1 Å². The second-order valence-corrected chi connectivity index (χ2v) is 6.60. The van der Waals surface area contributed by atoms with Gasteiger partial charge in [-0.3, -0.25) is 9.59 Å². The van der Waals surface area contributed by atoms with Crippen LogP contribution >= 0.6 is 24.0 Å². The first-order valence-electron chi connectivity index (χ1n) is 7.11. The first kappa shape index (κ1) is 23.2. The van der Waals surface area contributed by atoms with Crippen LogP contribution in [0.4, 0.5) is 0 Å². The van der Waals surface area contributed by atoms with Gasteiger partial charge in [-0.25, -0.2) is 4.99 Å². The fraction of sp³-hybridized carbons (Fsp3) is 0.786. The number of aliphatic imine (C=N–C) groups is 1. The van der Waals surface area contributed by atoms with Gasteiger partial charge in [-0.05, 0) is 41.5 Å². The number of rotatable bonds is 6. The monoisotopic (exact) mass is 427 g/mol. The Balaban J connectivity index is 0. The Hall–Kier alpha value is -1.06. The van der Waals surface area contributed by atoms with E-state index in [1.54, 1.807) is 13.8 Å². The zero-order valence-corrected chi connectivity index (χ0v) is 16.7. The van der Waals surface area contributed by atoms with E-state index >= 15 is 0 Å². The Morgan fingerprint density at radius 1 is 1.09 bits per heavy atom. The second kappa shape index (κ2) is 9.86. The van der Waals surface area contributed by atoms with Crippen LogP contribution in [0.2, 0.25) is 0 Å². The summed E-state index contributed by atoms with van der Waals surface area (Å²) in [5.74, 6) is -0.0685. The van der Waals surface area contributed by atoms with Crippen LogP contribution < -0.4 is 21.7 Å². The quantitative estimate of drug-likeness (QED) is 0.283. The SMILES string of the molecule is CCNC(=NCC(=O)NC(C)(C)C)NCC(C)(C)C(N)=O.I. The zero-order valence-electron chi connectivity index (χ0n) is 14.4. The molecule has 0 bridgehead atoms. The number of carbonyl (C=O) groups is 2. The molecule has 0 radical (unpaired) electrons. The Morgan fingerprint density at radius 3 is 2.05 bits per heavy atom. The molecule has 0 aromatic rings. The minimum Gasteiger partial charge on any atom is -0.369 e. The van der Waals surface area contributed by atoms with Crippen molar-refractivity contribution >= 4 is 41.8 Å². The van der Waals surface area contributed by atoms with E-state index in [1.807, 2.05) is 27.7 Å². The summed E-state index contributed by atoms with van der Waals surface area (Å²) in [6.45, 7) is 12.2. The number of nitrogens with two attached hydrogens (primary N) is 1. The van der Waals surface area contributed by atoms with Crippen molar-refractivity contribution in [1.29, 1.82) is 0 Å². The van der Waals surface area contributed by atoms with Crippen LogP contribution in [0.15, 0.2) is 4.99 Å². The Bertz CT molecular complexity index is 403. The molecule has 0 aliphatic rings. The minimum atomic E-state index is -0.691. The van der Waals surface area contributed by atoms with Gasteiger partial charge in [0.2, 0.25) is 11.8 Å². The summed E-state index contributed by atoms with van der Waals surface area (Å²) in [6, 6.07) is 0. The summed E-state index contributed by atoms with van der Waals surface area (Å²) in [5.41, 5.74) is 4.34. The number of carbonyl (C=O) groups excluding carboxylic acids is 2. The fourth-order valence-corrected chi connectivity index (χ4v) is 1.34. The molecule has 8 heteroatoms. The normalized spacial score (nSPS) is 12.2. The molecule has 0 saturated carbocycles. The van der Waals surface area contributed by atoms with Crippen LogP contribution in [0, 0.1) is 5.41 Å². The van der Waals surface area contributed by atoms with E-state index in [-0.39, 0.29) is 42.0 Å². The highest BCUT2D eigenvalue weighted by atomic mass is 127. The minimum absolute atomic E-state index is 0. The summed E-state index contributed by atoms with van der Waals surface area (Å²) < 4.78 is 0. The lowest BCUT2D eigenvalue weighted by Crippen LogP contribution is -2.47. The van der Waals surface area contributed by atoms with Gasteiger partial charge in [0.25, 0.3) is 0 Å². The molecule has 0 unspecified atom stereocenters. The molecule has 0 rings (SSSR count). The van der Waals surface area contributed by atoms with E-state index < -0.39 is 11.3 Å². The lowest BCUT2D eigenvalue weighted by atomic mass is 9.93. The Morgan fingerprint density at radius 2 is 1.64 bits per heavy atom. The molecule has 0 aliphatic heterocycles. The molecule has 0 aliphatic carbocycles. The van der Waals surface area contributed by atoms with Gasteiger partial charge in [0.1, 0.15) is 6.54 Å². The van der Waals surface area contributed by atoms with Crippen LogP contribution in [-0.4, -0.2) is 42.9 Å². The molecule has 0 heterocycles. The Labute approximate surface area is 150 Å². The predicted molar refractivity (Wildman–Crippen MR) is 100 cm³/mol. The van der Waals surface area contributed by atoms with E-state index in [2.05, 4.69) is 20.9 Å². The maximum absolute atomic E-state index is 11.7. The van der Waals surface area contributed by atoms with Gasteiger partial charge >= 0.3 is 0 Å². The number of hydrogen-bond donors (Lipinski definition) is 4. The first-order valence-corrected chi connectivity index (χ1v) is 7.11. The summed E-state index contributed by atoms with van der Waals surface area (Å²) in [4.78, 5) is 27.2. The molecule has 5 N–H and O–H groups in total. The van der Waals surface area contributed by atoms with Crippen molar-refractivity contribution in [2.75, 3.05) is 19.6 Å². The number of primary amides is 1. The van der Waals surface area contributed by atoms with Crippen molar-refractivity contribution in [3.63, 3.8) is 0 Å². The molecular formula is C14H30IN5O2.